The van der Waals surface area contributed by atoms with Gasteiger partial charge in [-0.15, -0.1) is 0 Å². The van der Waals surface area contributed by atoms with Gasteiger partial charge in [0.1, 0.15) is 0 Å². The van der Waals surface area contributed by atoms with Gasteiger partial charge in [-0.05, 0) is 18.6 Å². The highest BCUT2D eigenvalue weighted by Crippen LogP contribution is 2.00. The van der Waals surface area contributed by atoms with Gasteiger partial charge in [-0.3, -0.25) is 0 Å². The van der Waals surface area contributed by atoms with Crippen molar-refractivity contribution in [3.05, 3.63) is 42.2 Å². The number of carbonyl (C=O) groups is 1. The fraction of sp³-hybridized carbons (Fsp3) is 0.250. The number of esters is 1. The molecule has 1 aromatic carbocycles. The van der Waals surface area contributed by atoms with Crippen molar-refractivity contribution in [3.8, 4) is 0 Å². The van der Waals surface area contributed by atoms with E-state index in [2.05, 4.69) is 0 Å². The van der Waals surface area contributed by atoms with Crippen LogP contribution in [0.5, 0.6) is 0 Å². The van der Waals surface area contributed by atoms with Gasteiger partial charge in [0.05, 0.1) is 12.9 Å². The average molecular weight is 206 g/mol. The van der Waals surface area contributed by atoms with Crippen LogP contribution in [-0.4, -0.2) is 19.2 Å². The molecule has 0 bridgehead atoms. The summed E-state index contributed by atoms with van der Waals surface area (Å²) in [6.07, 6.45) is 3.28. The van der Waals surface area contributed by atoms with E-state index in [0.717, 1.165) is 5.56 Å². The third kappa shape index (κ3) is 4.86. The van der Waals surface area contributed by atoms with E-state index >= 15 is 0 Å². The number of hydrogen-bond acceptors (Lipinski definition) is 3. The summed E-state index contributed by atoms with van der Waals surface area (Å²) in [6, 6.07) is 9.71. The maximum absolute atomic E-state index is 10.9. The van der Waals surface area contributed by atoms with Crippen LogP contribution in [0.2, 0.25) is 0 Å². The Labute approximate surface area is 89.3 Å². The van der Waals surface area contributed by atoms with Gasteiger partial charge >= 0.3 is 5.97 Å². The smallest absolute Gasteiger partial charge is 0.344 e. The summed E-state index contributed by atoms with van der Waals surface area (Å²) in [5.41, 5.74) is 1.03. The van der Waals surface area contributed by atoms with Crippen LogP contribution in [-0.2, 0) is 14.3 Å². The van der Waals surface area contributed by atoms with Crippen molar-refractivity contribution in [2.45, 2.75) is 6.92 Å². The van der Waals surface area contributed by atoms with Crippen molar-refractivity contribution in [3.63, 3.8) is 0 Å². The van der Waals surface area contributed by atoms with Gasteiger partial charge in [0, 0.05) is 0 Å². The minimum absolute atomic E-state index is 0.0445. The minimum atomic E-state index is -0.352. The predicted octanol–water partition coefficient (Wildman–Crippen LogP) is 2.24. The molecule has 0 aromatic heterocycles. The monoisotopic (exact) mass is 206 g/mol. The Bertz CT molecular complexity index is 317. The lowest BCUT2D eigenvalue weighted by Gasteiger charge is -2.00. The number of hydrogen-bond donors (Lipinski definition) is 0. The summed E-state index contributed by atoms with van der Waals surface area (Å²) in [6.45, 7) is 2.10. The molecule has 0 aliphatic heterocycles. The molecule has 1 rings (SSSR count). The lowest BCUT2D eigenvalue weighted by molar-refractivity contribution is -0.146. The van der Waals surface area contributed by atoms with Crippen LogP contribution in [0.25, 0.3) is 6.08 Å². The lowest BCUT2D eigenvalue weighted by atomic mass is 10.2. The molecular formula is C12H14O3. The van der Waals surface area contributed by atoms with Crippen molar-refractivity contribution in [1.29, 1.82) is 0 Å². The second-order valence-electron chi connectivity index (χ2n) is 2.83. The third-order valence-electron chi connectivity index (χ3n) is 1.66. The fourth-order valence-electron chi connectivity index (χ4n) is 1.01. The lowest BCUT2D eigenvalue weighted by Crippen LogP contribution is -2.09. The zero-order valence-electron chi connectivity index (χ0n) is 8.68. The Hall–Kier alpha value is -1.77. The highest BCUT2D eigenvalue weighted by Gasteiger charge is 1.98. The van der Waals surface area contributed by atoms with Crippen molar-refractivity contribution < 1.29 is 14.3 Å². The fourth-order valence-corrected chi connectivity index (χ4v) is 1.01. The van der Waals surface area contributed by atoms with Crippen LogP contribution in [0.3, 0.4) is 0 Å². The molecule has 0 saturated carbocycles. The molecule has 3 heteroatoms. The van der Waals surface area contributed by atoms with E-state index in [-0.39, 0.29) is 12.6 Å². The summed E-state index contributed by atoms with van der Waals surface area (Å²) >= 11 is 0. The molecule has 0 unspecified atom stereocenters. The number of rotatable bonds is 5. The van der Waals surface area contributed by atoms with Crippen LogP contribution >= 0.6 is 0 Å². The summed E-state index contributed by atoms with van der Waals surface area (Å²) in [5, 5.41) is 0. The molecule has 0 saturated heterocycles. The first kappa shape index (κ1) is 11.3. The van der Waals surface area contributed by atoms with Crippen molar-refractivity contribution >= 4 is 12.0 Å². The van der Waals surface area contributed by atoms with E-state index in [1.807, 2.05) is 30.3 Å². The molecule has 80 valence electrons. The summed E-state index contributed by atoms with van der Waals surface area (Å²) in [5.74, 6) is -0.352. The zero-order valence-corrected chi connectivity index (χ0v) is 8.68. The van der Waals surface area contributed by atoms with Gasteiger partial charge in [-0.2, -0.15) is 0 Å². The maximum atomic E-state index is 10.9. The highest BCUT2D eigenvalue weighted by atomic mass is 16.6. The molecule has 3 nitrogen and oxygen atoms in total. The van der Waals surface area contributed by atoms with E-state index in [0.29, 0.717) is 6.61 Å². The van der Waals surface area contributed by atoms with E-state index in [9.17, 15) is 4.79 Å². The topological polar surface area (TPSA) is 35.5 Å². The quantitative estimate of drug-likeness (QED) is 0.547. The molecule has 15 heavy (non-hydrogen) atoms. The second kappa shape index (κ2) is 6.65. The van der Waals surface area contributed by atoms with Gasteiger partial charge in [-0.1, -0.05) is 30.3 Å². The molecule has 0 spiro atoms. The predicted molar refractivity (Wildman–Crippen MR) is 58.1 cm³/mol. The Balaban J connectivity index is 2.26. The van der Waals surface area contributed by atoms with Crippen molar-refractivity contribution in [2.24, 2.45) is 0 Å². The third-order valence-corrected chi connectivity index (χ3v) is 1.66. The average Bonchev–Trinajstić information content (AvgIpc) is 2.26. The largest absolute Gasteiger partial charge is 0.489 e. The van der Waals surface area contributed by atoms with Crippen LogP contribution < -0.4 is 0 Å². The second-order valence-corrected chi connectivity index (χ2v) is 2.83. The Morgan fingerprint density at radius 3 is 2.73 bits per heavy atom. The van der Waals surface area contributed by atoms with Crippen LogP contribution in [0, 0.1) is 0 Å². The SMILES string of the molecule is CCOC(=O)COC=Cc1ccccc1. The molecule has 1 aromatic rings. The van der Waals surface area contributed by atoms with E-state index < -0.39 is 0 Å². The molecule has 0 aliphatic carbocycles. The normalized spacial score (nSPS) is 10.2. The van der Waals surface area contributed by atoms with Gasteiger partial charge in [0.25, 0.3) is 0 Å². The summed E-state index contributed by atoms with van der Waals surface area (Å²) < 4.78 is 9.69. The number of benzene rings is 1. The van der Waals surface area contributed by atoms with E-state index in [4.69, 9.17) is 9.47 Å². The molecule has 0 radical (unpaired) electrons. The molecule has 0 aliphatic rings. The van der Waals surface area contributed by atoms with Gasteiger partial charge < -0.3 is 9.47 Å². The Kier molecular flexibility index (Phi) is 5.01. The Morgan fingerprint density at radius 1 is 1.33 bits per heavy atom. The number of ether oxygens (including phenoxy) is 2. The molecule has 0 fully saturated rings. The Morgan fingerprint density at radius 2 is 2.07 bits per heavy atom. The molecule has 0 heterocycles. The van der Waals surface area contributed by atoms with E-state index in [1.54, 1.807) is 13.0 Å². The maximum Gasteiger partial charge on any atom is 0.344 e. The molecular weight excluding hydrogens is 192 g/mol. The molecule has 0 N–H and O–H groups in total. The zero-order chi connectivity index (χ0) is 10.9. The highest BCUT2D eigenvalue weighted by molar-refractivity contribution is 5.70. The van der Waals surface area contributed by atoms with Crippen LogP contribution in [0.1, 0.15) is 12.5 Å². The van der Waals surface area contributed by atoms with Gasteiger partial charge in [0.2, 0.25) is 0 Å². The van der Waals surface area contributed by atoms with Crippen molar-refractivity contribution in [2.75, 3.05) is 13.2 Å². The summed E-state index contributed by atoms with van der Waals surface area (Å²) in [7, 11) is 0. The standard InChI is InChI=1S/C12H14O3/c1-2-15-12(13)10-14-9-8-11-6-4-3-5-7-11/h3-9H,2,10H2,1H3. The van der Waals surface area contributed by atoms with Crippen LogP contribution in [0.4, 0.5) is 0 Å². The van der Waals surface area contributed by atoms with Gasteiger partial charge in [-0.25, -0.2) is 4.79 Å². The first-order chi connectivity index (χ1) is 7.33. The minimum Gasteiger partial charge on any atom is -0.489 e. The first-order valence-electron chi connectivity index (χ1n) is 4.81. The van der Waals surface area contributed by atoms with E-state index in [1.165, 1.54) is 6.26 Å². The van der Waals surface area contributed by atoms with Gasteiger partial charge in [0.15, 0.2) is 6.61 Å². The van der Waals surface area contributed by atoms with Crippen molar-refractivity contribution in [1.82, 2.24) is 0 Å². The number of carbonyl (C=O) groups excluding carboxylic acids is 1. The first-order valence-corrected chi connectivity index (χ1v) is 4.81. The van der Waals surface area contributed by atoms with Crippen LogP contribution in [0.15, 0.2) is 36.6 Å². The molecule has 0 amide bonds. The molecule has 0 atom stereocenters. The summed E-state index contributed by atoms with van der Waals surface area (Å²) in [4.78, 5) is 10.9.